The minimum absolute atomic E-state index is 0.394. The van der Waals surface area contributed by atoms with Gasteiger partial charge in [0.1, 0.15) is 0 Å². The van der Waals surface area contributed by atoms with Crippen molar-refractivity contribution in [1.29, 1.82) is 5.26 Å². The van der Waals surface area contributed by atoms with Crippen molar-refractivity contribution in [2.24, 2.45) is 0 Å². The number of nitriles is 1. The first-order valence-corrected chi connectivity index (χ1v) is 8.07. The summed E-state index contributed by atoms with van der Waals surface area (Å²) in [5.41, 5.74) is -0.195. The van der Waals surface area contributed by atoms with Gasteiger partial charge in [0, 0.05) is 44.3 Å². The highest BCUT2D eigenvalue weighted by Gasteiger charge is 2.30. The van der Waals surface area contributed by atoms with Gasteiger partial charge in [0.25, 0.3) is 0 Å². The fraction of sp³-hybridized carbons (Fsp3) is 0.353. The molecular formula is C17H17F3N6. The molecule has 0 amide bonds. The monoisotopic (exact) mass is 362 g/mol. The number of hydrogen-bond acceptors (Lipinski definition) is 6. The van der Waals surface area contributed by atoms with E-state index >= 15 is 0 Å². The summed E-state index contributed by atoms with van der Waals surface area (Å²) in [5, 5.41) is 11.8. The highest BCUT2D eigenvalue weighted by Crippen LogP contribution is 2.31. The van der Waals surface area contributed by atoms with E-state index in [1.807, 2.05) is 4.90 Å². The lowest BCUT2D eigenvalue weighted by atomic mass is 10.2. The quantitative estimate of drug-likeness (QED) is 0.844. The van der Waals surface area contributed by atoms with Crippen molar-refractivity contribution in [2.45, 2.75) is 6.18 Å². The van der Waals surface area contributed by atoms with Crippen LogP contribution in [0.4, 0.5) is 30.5 Å². The van der Waals surface area contributed by atoms with Crippen LogP contribution in [0.25, 0.3) is 0 Å². The molecule has 26 heavy (non-hydrogen) atoms. The van der Waals surface area contributed by atoms with Gasteiger partial charge in [-0.25, -0.2) is 9.97 Å². The van der Waals surface area contributed by atoms with E-state index < -0.39 is 11.7 Å². The Morgan fingerprint density at radius 3 is 2.31 bits per heavy atom. The number of nitrogens with one attached hydrogen (secondary N) is 1. The van der Waals surface area contributed by atoms with Crippen LogP contribution >= 0.6 is 0 Å². The van der Waals surface area contributed by atoms with Gasteiger partial charge in [0.05, 0.1) is 18.2 Å². The maximum Gasteiger partial charge on any atom is 0.416 e. The van der Waals surface area contributed by atoms with Crippen LogP contribution < -0.4 is 10.2 Å². The zero-order chi connectivity index (χ0) is 18.6. The van der Waals surface area contributed by atoms with Gasteiger partial charge in [-0.2, -0.15) is 18.4 Å². The van der Waals surface area contributed by atoms with Gasteiger partial charge >= 0.3 is 6.18 Å². The lowest BCUT2D eigenvalue weighted by molar-refractivity contribution is -0.137. The van der Waals surface area contributed by atoms with Crippen LogP contribution in [-0.2, 0) is 6.18 Å². The molecule has 0 radical (unpaired) electrons. The number of anilines is 3. The lowest BCUT2D eigenvalue weighted by Crippen LogP contribution is -2.46. The molecule has 3 rings (SSSR count). The van der Waals surface area contributed by atoms with Gasteiger partial charge in [0.2, 0.25) is 0 Å². The Labute approximate surface area is 148 Å². The Hall–Kier alpha value is -2.86. The first kappa shape index (κ1) is 17.9. The third-order valence-corrected chi connectivity index (χ3v) is 4.12. The van der Waals surface area contributed by atoms with Gasteiger partial charge in [-0.1, -0.05) is 0 Å². The number of nitrogens with zero attached hydrogens (tertiary/aromatic N) is 5. The Morgan fingerprint density at radius 2 is 1.69 bits per heavy atom. The topological polar surface area (TPSA) is 68.1 Å². The molecule has 1 fully saturated rings. The smallest absolute Gasteiger partial charge is 0.351 e. The summed E-state index contributed by atoms with van der Waals surface area (Å²) >= 11 is 0. The molecule has 2 heterocycles. The summed E-state index contributed by atoms with van der Waals surface area (Å²) in [7, 11) is 0. The number of benzene rings is 1. The van der Waals surface area contributed by atoms with E-state index in [0.29, 0.717) is 37.0 Å². The fourth-order valence-electron chi connectivity index (χ4n) is 2.75. The van der Waals surface area contributed by atoms with E-state index in [4.69, 9.17) is 5.26 Å². The Kier molecular flexibility index (Phi) is 5.23. The number of piperazine rings is 1. The maximum absolute atomic E-state index is 12.7. The molecule has 136 valence electrons. The van der Waals surface area contributed by atoms with Crippen LogP contribution in [-0.4, -0.2) is 47.6 Å². The second kappa shape index (κ2) is 7.58. The van der Waals surface area contributed by atoms with E-state index in [2.05, 4.69) is 26.3 Å². The van der Waals surface area contributed by atoms with Gasteiger partial charge in [-0.3, -0.25) is 4.90 Å². The summed E-state index contributed by atoms with van der Waals surface area (Å²) in [6.07, 6.45) is -1.25. The first-order valence-electron chi connectivity index (χ1n) is 8.07. The number of halogens is 3. The minimum Gasteiger partial charge on any atom is -0.351 e. The van der Waals surface area contributed by atoms with E-state index in [-0.39, 0.29) is 0 Å². The predicted molar refractivity (Wildman–Crippen MR) is 91.0 cm³/mol. The molecule has 9 heteroatoms. The molecule has 0 aliphatic carbocycles. The predicted octanol–water partition coefficient (Wildman–Crippen LogP) is 2.88. The molecule has 1 aliphatic rings. The van der Waals surface area contributed by atoms with Crippen molar-refractivity contribution in [1.82, 2.24) is 14.9 Å². The summed E-state index contributed by atoms with van der Waals surface area (Å²) in [6.45, 7) is 3.27. The van der Waals surface area contributed by atoms with E-state index in [0.717, 1.165) is 25.2 Å². The molecule has 1 aromatic carbocycles. The van der Waals surface area contributed by atoms with E-state index in [1.165, 1.54) is 18.3 Å². The summed E-state index contributed by atoms with van der Waals surface area (Å²) in [6, 6.07) is 6.93. The highest BCUT2D eigenvalue weighted by molar-refractivity contribution is 5.68. The fourth-order valence-corrected chi connectivity index (χ4v) is 2.75. The molecule has 1 aromatic heterocycles. The molecule has 0 saturated carbocycles. The van der Waals surface area contributed by atoms with Crippen LogP contribution in [0.5, 0.6) is 0 Å². The van der Waals surface area contributed by atoms with Gasteiger partial charge in [-0.15, -0.1) is 0 Å². The average molecular weight is 362 g/mol. The molecule has 1 N–H and O–H groups in total. The normalized spacial score (nSPS) is 15.5. The van der Waals surface area contributed by atoms with Gasteiger partial charge < -0.3 is 10.2 Å². The summed E-state index contributed by atoms with van der Waals surface area (Å²) in [5.74, 6) is 1.13. The average Bonchev–Trinajstić information content (AvgIpc) is 2.63. The SMILES string of the molecule is N#CCN1CCN(c2nccnc2Nc2ccc(C(F)(F)F)cc2)CC1. The largest absolute Gasteiger partial charge is 0.416 e. The number of alkyl halides is 3. The molecule has 0 unspecified atom stereocenters. The van der Waals surface area contributed by atoms with Crippen LogP contribution in [0.3, 0.4) is 0 Å². The Morgan fingerprint density at radius 1 is 1.04 bits per heavy atom. The van der Waals surface area contributed by atoms with E-state index in [9.17, 15) is 13.2 Å². The molecule has 0 bridgehead atoms. The van der Waals surface area contributed by atoms with Crippen molar-refractivity contribution >= 4 is 17.3 Å². The second-order valence-corrected chi connectivity index (χ2v) is 5.85. The number of rotatable bonds is 4. The minimum atomic E-state index is -4.36. The third-order valence-electron chi connectivity index (χ3n) is 4.12. The van der Waals surface area contributed by atoms with Crippen molar-refractivity contribution < 1.29 is 13.2 Å². The van der Waals surface area contributed by atoms with Crippen LogP contribution in [0, 0.1) is 11.3 Å². The first-order chi connectivity index (χ1) is 12.5. The third kappa shape index (κ3) is 4.21. The molecule has 1 saturated heterocycles. The Bertz CT molecular complexity index is 776. The highest BCUT2D eigenvalue weighted by atomic mass is 19.4. The van der Waals surface area contributed by atoms with E-state index in [1.54, 1.807) is 6.20 Å². The van der Waals surface area contributed by atoms with Crippen molar-refractivity contribution in [3.05, 3.63) is 42.2 Å². The number of hydrogen-bond donors (Lipinski definition) is 1. The van der Waals surface area contributed by atoms with Crippen LogP contribution in [0.1, 0.15) is 5.56 Å². The van der Waals surface area contributed by atoms with Crippen molar-refractivity contribution in [2.75, 3.05) is 42.9 Å². The zero-order valence-corrected chi connectivity index (χ0v) is 13.9. The number of aromatic nitrogens is 2. The van der Waals surface area contributed by atoms with Crippen LogP contribution in [0.2, 0.25) is 0 Å². The molecule has 2 aromatic rings. The Balaban J connectivity index is 1.73. The van der Waals surface area contributed by atoms with Gasteiger partial charge in [0.15, 0.2) is 11.6 Å². The van der Waals surface area contributed by atoms with Gasteiger partial charge in [-0.05, 0) is 24.3 Å². The standard InChI is InChI=1S/C17H17F3N6/c18-17(19,20)13-1-3-14(4-2-13)24-15-16(23-7-6-22-15)26-11-9-25(8-5-21)10-12-26/h1-4,6-7H,8-12H2,(H,22,24). The summed E-state index contributed by atoms with van der Waals surface area (Å²) in [4.78, 5) is 12.7. The zero-order valence-electron chi connectivity index (χ0n) is 13.9. The lowest BCUT2D eigenvalue weighted by Gasteiger charge is -2.34. The molecular weight excluding hydrogens is 345 g/mol. The summed E-state index contributed by atoms with van der Waals surface area (Å²) < 4.78 is 38.0. The maximum atomic E-state index is 12.7. The second-order valence-electron chi connectivity index (χ2n) is 5.85. The van der Waals surface area contributed by atoms with Crippen molar-refractivity contribution in [3.8, 4) is 6.07 Å². The molecule has 0 atom stereocenters. The van der Waals surface area contributed by atoms with Crippen molar-refractivity contribution in [3.63, 3.8) is 0 Å². The molecule has 6 nitrogen and oxygen atoms in total. The molecule has 0 spiro atoms. The molecule has 1 aliphatic heterocycles. The van der Waals surface area contributed by atoms with Crippen LogP contribution in [0.15, 0.2) is 36.7 Å².